The highest BCUT2D eigenvalue weighted by atomic mass is 35.5. The Hall–Kier alpha value is -3.39. The van der Waals surface area contributed by atoms with E-state index < -0.39 is 23.5 Å². The van der Waals surface area contributed by atoms with Crippen molar-refractivity contribution in [1.29, 1.82) is 0 Å². The molecule has 4 rings (SSSR count). The Morgan fingerprint density at radius 2 is 1.62 bits per heavy atom. The zero-order valence-electron chi connectivity index (χ0n) is 17.2. The van der Waals surface area contributed by atoms with E-state index in [9.17, 15) is 18.8 Å². The number of amides is 3. The van der Waals surface area contributed by atoms with Gasteiger partial charge in [-0.15, -0.1) is 0 Å². The number of carbonyl (C=O) groups excluding carboxylic acids is 3. The number of nitrogens with one attached hydrogen (secondary N) is 2. The van der Waals surface area contributed by atoms with Crippen LogP contribution in [0.15, 0.2) is 77.5 Å². The van der Waals surface area contributed by atoms with Gasteiger partial charge in [-0.3, -0.25) is 19.3 Å². The fraction of sp³-hybridized carbons (Fsp3) is 0.0417. The average molecular weight is 519 g/mol. The lowest BCUT2D eigenvalue weighted by Gasteiger charge is -2.16. The van der Waals surface area contributed by atoms with Crippen molar-refractivity contribution in [3.63, 3.8) is 0 Å². The first-order valence-electron chi connectivity index (χ1n) is 9.87. The van der Waals surface area contributed by atoms with Gasteiger partial charge in [0.1, 0.15) is 16.5 Å². The van der Waals surface area contributed by atoms with E-state index in [1.165, 1.54) is 36.4 Å². The fourth-order valence-electron chi connectivity index (χ4n) is 3.24. The lowest BCUT2D eigenvalue weighted by atomic mass is 10.2. The number of imide groups is 1. The summed E-state index contributed by atoms with van der Waals surface area (Å²) in [6.07, 6.45) is 0. The number of halogens is 4. The van der Waals surface area contributed by atoms with Gasteiger partial charge < -0.3 is 10.6 Å². The van der Waals surface area contributed by atoms with Gasteiger partial charge >= 0.3 is 0 Å². The molecule has 0 saturated carbocycles. The predicted molar refractivity (Wildman–Crippen MR) is 129 cm³/mol. The van der Waals surface area contributed by atoms with Gasteiger partial charge in [-0.2, -0.15) is 0 Å². The fourth-order valence-corrected chi connectivity index (χ4v) is 3.94. The monoisotopic (exact) mass is 517 g/mol. The zero-order chi connectivity index (χ0) is 24.4. The van der Waals surface area contributed by atoms with Crippen LogP contribution in [0, 0.1) is 5.82 Å². The third-order valence-electron chi connectivity index (χ3n) is 4.95. The van der Waals surface area contributed by atoms with E-state index in [1.807, 2.05) is 0 Å². The van der Waals surface area contributed by atoms with E-state index in [0.717, 1.165) is 4.90 Å². The minimum atomic E-state index is -0.661. The topological polar surface area (TPSA) is 78.5 Å². The Kier molecular flexibility index (Phi) is 6.88. The molecule has 0 fully saturated rings. The molecule has 0 aromatic heterocycles. The normalized spacial score (nSPS) is 13.5. The van der Waals surface area contributed by atoms with Gasteiger partial charge in [-0.1, -0.05) is 46.9 Å². The molecule has 0 bridgehead atoms. The molecular formula is C24H15Cl3FN3O3. The van der Waals surface area contributed by atoms with Crippen molar-refractivity contribution in [1.82, 2.24) is 4.90 Å². The summed E-state index contributed by atoms with van der Waals surface area (Å²) >= 11 is 18.2. The van der Waals surface area contributed by atoms with Gasteiger partial charge in [0.25, 0.3) is 17.7 Å². The van der Waals surface area contributed by atoms with E-state index in [0.29, 0.717) is 32.5 Å². The van der Waals surface area contributed by atoms with Crippen LogP contribution in [0.1, 0.15) is 15.9 Å². The van der Waals surface area contributed by atoms with Crippen molar-refractivity contribution in [3.8, 4) is 0 Å². The highest BCUT2D eigenvalue weighted by Crippen LogP contribution is 2.29. The Bertz CT molecular complexity index is 1340. The second-order valence-electron chi connectivity index (χ2n) is 7.29. The number of rotatable bonds is 6. The average Bonchev–Trinajstić information content (AvgIpc) is 2.99. The van der Waals surface area contributed by atoms with E-state index in [2.05, 4.69) is 10.6 Å². The third kappa shape index (κ3) is 5.07. The molecule has 10 heteroatoms. The first-order chi connectivity index (χ1) is 16.2. The second-order valence-corrected chi connectivity index (χ2v) is 8.51. The Morgan fingerprint density at radius 3 is 2.29 bits per heavy atom. The molecule has 1 aliphatic heterocycles. The molecule has 34 heavy (non-hydrogen) atoms. The number of nitrogens with zero attached hydrogens (tertiary/aromatic N) is 1. The van der Waals surface area contributed by atoms with Crippen LogP contribution in [0.3, 0.4) is 0 Å². The maximum absolute atomic E-state index is 13.3. The van der Waals surface area contributed by atoms with Gasteiger partial charge in [-0.05, 0) is 60.2 Å². The summed E-state index contributed by atoms with van der Waals surface area (Å²) in [4.78, 5) is 38.8. The molecule has 172 valence electrons. The number of benzene rings is 3. The van der Waals surface area contributed by atoms with Crippen LogP contribution in [0.5, 0.6) is 0 Å². The molecule has 1 aliphatic rings. The van der Waals surface area contributed by atoms with Gasteiger partial charge in [-0.25, -0.2) is 4.39 Å². The molecule has 0 saturated heterocycles. The summed E-state index contributed by atoms with van der Waals surface area (Å²) in [7, 11) is 0. The van der Waals surface area contributed by atoms with Gasteiger partial charge in [0.15, 0.2) is 0 Å². The van der Waals surface area contributed by atoms with Crippen molar-refractivity contribution in [2.45, 2.75) is 6.54 Å². The summed E-state index contributed by atoms with van der Waals surface area (Å²) in [6, 6.07) is 16.4. The van der Waals surface area contributed by atoms with E-state index >= 15 is 0 Å². The lowest BCUT2D eigenvalue weighted by Crippen LogP contribution is -2.32. The maximum atomic E-state index is 13.3. The minimum absolute atomic E-state index is 0.0751. The smallest absolute Gasteiger partial charge is 0.279 e. The van der Waals surface area contributed by atoms with Crippen molar-refractivity contribution >= 4 is 63.9 Å². The second kappa shape index (κ2) is 9.85. The molecule has 2 N–H and O–H groups in total. The minimum Gasteiger partial charge on any atom is -0.350 e. The molecule has 3 amide bonds. The highest BCUT2D eigenvalue weighted by molar-refractivity contribution is 6.48. The first kappa shape index (κ1) is 23.8. The van der Waals surface area contributed by atoms with Crippen molar-refractivity contribution in [2.24, 2.45) is 0 Å². The van der Waals surface area contributed by atoms with Crippen LogP contribution < -0.4 is 10.6 Å². The van der Waals surface area contributed by atoms with E-state index in [-0.39, 0.29) is 17.3 Å². The number of hydrogen-bond donors (Lipinski definition) is 2. The standard InChI is InChI=1S/C24H15Cl3FN3O3/c25-15-7-4-14(19(26)10-15)12-31-23(33)20(27)21(24(31)34)29-17-8-5-13(6-9-17)22(32)30-18-3-1-2-16(28)11-18/h1-11,29H,12H2,(H,30,32). The molecule has 0 unspecified atom stereocenters. The Labute approximate surface area is 208 Å². The predicted octanol–water partition coefficient (Wildman–Crippen LogP) is 5.82. The summed E-state index contributed by atoms with van der Waals surface area (Å²) in [6.45, 7) is -0.0751. The zero-order valence-corrected chi connectivity index (χ0v) is 19.5. The highest BCUT2D eigenvalue weighted by Gasteiger charge is 2.38. The van der Waals surface area contributed by atoms with Crippen LogP contribution in [0.25, 0.3) is 0 Å². The van der Waals surface area contributed by atoms with Crippen LogP contribution >= 0.6 is 34.8 Å². The first-order valence-corrected chi connectivity index (χ1v) is 11.0. The van der Waals surface area contributed by atoms with E-state index in [4.69, 9.17) is 34.8 Å². The Morgan fingerprint density at radius 1 is 0.882 bits per heavy atom. The largest absolute Gasteiger partial charge is 0.350 e. The van der Waals surface area contributed by atoms with Crippen molar-refractivity contribution in [3.05, 3.63) is 104 Å². The summed E-state index contributed by atoms with van der Waals surface area (Å²) < 4.78 is 13.3. The molecule has 6 nitrogen and oxygen atoms in total. The van der Waals surface area contributed by atoms with Gasteiger partial charge in [0.2, 0.25) is 0 Å². The molecule has 0 atom stereocenters. The van der Waals surface area contributed by atoms with E-state index in [1.54, 1.807) is 30.3 Å². The maximum Gasteiger partial charge on any atom is 0.279 e. The molecule has 0 radical (unpaired) electrons. The lowest BCUT2D eigenvalue weighted by molar-refractivity contribution is -0.138. The quantitative estimate of drug-likeness (QED) is 0.403. The molecular weight excluding hydrogens is 504 g/mol. The molecule has 0 spiro atoms. The number of carbonyl (C=O) groups is 3. The summed E-state index contributed by atoms with van der Waals surface area (Å²) in [5.41, 5.74) is 1.51. The van der Waals surface area contributed by atoms with Crippen LogP contribution in [0.4, 0.5) is 15.8 Å². The van der Waals surface area contributed by atoms with Crippen molar-refractivity contribution < 1.29 is 18.8 Å². The number of hydrogen-bond acceptors (Lipinski definition) is 4. The third-order valence-corrected chi connectivity index (χ3v) is 5.89. The van der Waals surface area contributed by atoms with Crippen molar-refractivity contribution in [2.75, 3.05) is 10.6 Å². The SMILES string of the molecule is O=C(Nc1cccc(F)c1)c1ccc(NC2=C(Cl)C(=O)N(Cc3ccc(Cl)cc3Cl)C2=O)cc1. The molecule has 3 aromatic carbocycles. The van der Waals surface area contributed by atoms with Crippen LogP contribution in [-0.2, 0) is 16.1 Å². The van der Waals surface area contributed by atoms with Gasteiger partial charge in [0, 0.05) is 27.0 Å². The molecule has 3 aromatic rings. The Balaban J connectivity index is 1.45. The number of anilines is 2. The summed E-state index contributed by atoms with van der Waals surface area (Å²) in [5.74, 6) is -2.18. The molecule has 0 aliphatic carbocycles. The summed E-state index contributed by atoms with van der Waals surface area (Å²) in [5, 5.41) is 5.91. The van der Waals surface area contributed by atoms with Gasteiger partial charge in [0.05, 0.1) is 6.54 Å². The molecule has 1 heterocycles. The van der Waals surface area contributed by atoms with Crippen LogP contribution in [0.2, 0.25) is 10.0 Å². The van der Waals surface area contributed by atoms with Crippen LogP contribution in [-0.4, -0.2) is 22.6 Å².